The minimum Gasteiger partial charge on any atom is -0.484 e. The highest BCUT2D eigenvalue weighted by Crippen LogP contribution is 2.45. The van der Waals surface area contributed by atoms with E-state index in [1.54, 1.807) is 45.9 Å². The van der Waals surface area contributed by atoms with Crippen molar-refractivity contribution in [2.24, 2.45) is 5.92 Å². The molecule has 0 radical (unpaired) electrons. The Morgan fingerprint density at radius 3 is 2.58 bits per heavy atom. The zero-order chi connectivity index (χ0) is 17.6. The highest BCUT2D eigenvalue weighted by Gasteiger charge is 2.46. The maximum absolute atomic E-state index is 12.1. The summed E-state index contributed by atoms with van der Waals surface area (Å²) in [6, 6.07) is 6.41. The van der Waals surface area contributed by atoms with Gasteiger partial charge < -0.3 is 19.0 Å². The number of carbonyl (C=O) groups is 1. The number of hydrogen-bond donors (Lipinski definition) is 1. The van der Waals surface area contributed by atoms with Gasteiger partial charge >= 0.3 is 11.6 Å². The Balaban J connectivity index is 2.23. The number of hydrogen-bond acceptors (Lipinski definition) is 6. The van der Waals surface area contributed by atoms with Crippen molar-refractivity contribution in [1.29, 1.82) is 0 Å². The van der Waals surface area contributed by atoms with Gasteiger partial charge in [0.25, 0.3) is 0 Å². The molecule has 128 valence electrons. The molecule has 3 rings (SSSR count). The lowest BCUT2D eigenvalue weighted by molar-refractivity contribution is -0.173. The van der Waals surface area contributed by atoms with E-state index in [0.29, 0.717) is 16.7 Å². The second-order valence-corrected chi connectivity index (χ2v) is 6.81. The van der Waals surface area contributed by atoms with E-state index in [2.05, 4.69) is 0 Å². The van der Waals surface area contributed by atoms with Crippen molar-refractivity contribution in [3.05, 3.63) is 40.2 Å². The van der Waals surface area contributed by atoms with Crippen LogP contribution in [-0.4, -0.2) is 22.8 Å². The summed E-state index contributed by atoms with van der Waals surface area (Å²) in [5, 5.41) is 11.3. The lowest BCUT2D eigenvalue weighted by Gasteiger charge is -2.41. The normalized spacial score (nSPS) is 22.1. The highest BCUT2D eigenvalue weighted by atomic mass is 16.6. The molecule has 1 aromatic carbocycles. The third-order valence-electron chi connectivity index (χ3n) is 4.16. The third-order valence-corrected chi connectivity index (χ3v) is 4.16. The number of benzene rings is 1. The van der Waals surface area contributed by atoms with Crippen LogP contribution in [0.25, 0.3) is 11.0 Å². The zero-order valence-electron chi connectivity index (χ0n) is 14.0. The zero-order valence-corrected chi connectivity index (χ0v) is 14.0. The lowest BCUT2D eigenvalue weighted by Crippen LogP contribution is -2.50. The molecule has 2 atom stereocenters. The maximum Gasteiger partial charge on any atom is 0.336 e. The van der Waals surface area contributed by atoms with Gasteiger partial charge in [0.1, 0.15) is 23.0 Å². The minimum atomic E-state index is -1.11. The quantitative estimate of drug-likeness (QED) is 0.672. The topological polar surface area (TPSA) is 86.0 Å². The Kier molecular flexibility index (Phi) is 3.87. The van der Waals surface area contributed by atoms with Crippen LogP contribution in [0.3, 0.4) is 0 Å². The molecular weight excluding hydrogens is 312 g/mol. The van der Waals surface area contributed by atoms with Gasteiger partial charge in [-0.1, -0.05) is 13.8 Å². The van der Waals surface area contributed by atoms with Crippen LogP contribution in [-0.2, 0) is 9.53 Å². The molecule has 6 heteroatoms. The molecule has 0 amide bonds. The highest BCUT2D eigenvalue weighted by molar-refractivity contribution is 5.83. The summed E-state index contributed by atoms with van der Waals surface area (Å²) in [6.07, 6.45) is -2.09. The molecule has 2 heterocycles. The number of fused-ring (bicyclic) bond motifs is 3. The van der Waals surface area contributed by atoms with E-state index in [1.807, 2.05) is 0 Å². The number of aliphatic hydroxyl groups excluding tert-OH is 1. The molecule has 0 aliphatic carbocycles. The van der Waals surface area contributed by atoms with E-state index >= 15 is 0 Å². The van der Waals surface area contributed by atoms with E-state index < -0.39 is 29.4 Å². The molecule has 1 N–H and O–H groups in total. The Labute approximate surface area is 139 Å². The maximum atomic E-state index is 12.1. The standard InChI is InChI=1S/C18H20O6/c1-9(2)17(21)23-15-13-11(24-18(3,4)16(15)20)7-5-10-6-8-12(19)22-14(10)13/h5-9,15-16,20H,1-4H3. The molecule has 0 bridgehead atoms. The molecule has 0 saturated heterocycles. The number of aliphatic hydroxyl groups is 1. The predicted octanol–water partition coefficient (Wildman–Crippen LogP) is 2.57. The van der Waals surface area contributed by atoms with Gasteiger partial charge in [-0.2, -0.15) is 0 Å². The summed E-state index contributed by atoms with van der Waals surface area (Å²) in [4.78, 5) is 23.8. The fourth-order valence-electron chi connectivity index (χ4n) is 2.75. The second-order valence-electron chi connectivity index (χ2n) is 6.81. The van der Waals surface area contributed by atoms with Crippen molar-refractivity contribution in [3.63, 3.8) is 0 Å². The molecule has 1 aliphatic rings. The van der Waals surface area contributed by atoms with E-state index in [-0.39, 0.29) is 11.5 Å². The Morgan fingerprint density at radius 1 is 1.25 bits per heavy atom. The summed E-state index contributed by atoms with van der Waals surface area (Å²) in [5.41, 5.74) is -0.844. The van der Waals surface area contributed by atoms with E-state index in [0.717, 1.165) is 0 Å². The Bertz CT molecular complexity index is 848. The first kappa shape index (κ1) is 16.5. The van der Waals surface area contributed by atoms with Gasteiger partial charge in [-0.3, -0.25) is 4.79 Å². The fraction of sp³-hybridized carbons (Fsp3) is 0.444. The first-order valence-electron chi connectivity index (χ1n) is 7.85. The van der Waals surface area contributed by atoms with Gasteiger partial charge in [0, 0.05) is 11.5 Å². The van der Waals surface area contributed by atoms with Crippen LogP contribution in [0.2, 0.25) is 0 Å². The summed E-state index contributed by atoms with van der Waals surface area (Å²) in [5.74, 6) is -0.375. The average molecular weight is 332 g/mol. The monoisotopic (exact) mass is 332 g/mol. The number of esters is 1. The number of rotatable bonds is 2. The molecule has 0 spiro atoms. The van der Waals surface area contributed by atoms with Gasteiger partial charge in [0.05, 0.1) is 11.5 Å². The average Bonchev–Trinajstić information content (AvgIpc) is 2.50. The van der Waals surface area contributed by atoms with E-state index in [1.165, 1.54) is 6.07 Å². The van der Waals surface area contributed by atoms with Crippen LogP contribution < -0.4 is 10.4 Å². The summed E-state index contributed by atoms with van der Waals surface area (Å²) >= 11 is 0. The van der Waals surface area contributed by atoms with E-state index in [4.69, 9.17) is 13.9 Å². The first-order chi connectivity index (χ1) is 11.2. The number of ether oxygens (including phenoxy) is 2. The molecule has 1 aromatic heterocycles. The van der Waals surface area contributed by atoms with Crippen molar-refractivity contribution in [1.82, 2.24) is 0 Å². The van der Waals surface area contributed by atoms with Crippen molar-refractivity contribution in [2.75, 3.05) is 0 Å². The first-order valence-corrected chi connectivity index (χ1v) is 7.85. The molecular formula is C18H20O6. The van der Waals surface area contributed by atoms with Gasteiger partial charge in [0.15, 0.2) is 6.10 Å². The fourth-order valence-corrected chi connectivity index (χ4v) is 2.75. The Hall–Kier alpha value is -2.34. The molecule has 0 saturated carbocycles. The molecule has 0 fully saturated rings. The second kappa shape index (κ2) is 5.63. The number of carbonyl (C=O) groups excluding carboxylic acids is 1. The van der Waals surface area contributed by atoms with Gasteiger partial charge in [-0.05, 0) is 32.0 Å². The van der Waals surface area contributed by atoms with Gasteiger partial charge in [0.2, 0.25) is 0 Å². The Morgan fingerprint density at radius 2 is 1.92 bits per heavy atom. The predicted molar refractivity (Wildman–Crippen MR) is 86.9 cm³/mol. The molecule has 6 nitrogen and oxygen atoms in total. The van der Waals surface area contributed by atoms with Crippen LogP contribution in [0.4, 0.5) is 0 Å². The van der Waals surface area contributed by atoms with Crippen LogP contribution in [0.15, 0.2) is 33.5 Å². The largest absolute Gasteiger partial charge is 0.484 e. The van der Waals surface area contributed by atoms with Crippen LogP contribution in [0.1, 0.15) is 39.4 Å². The molecule has 2 aromatic rings. The summed E-state index contributed by atoms with van der Waals surface area (Å²) in [6.45, 7) is 6.84. The molecule has 2 unspecified atom stereocenters. The lowest BCUT2D eigenvalue weighted by atomic mass is 9.87. The van der Waals surface area contributed by atoms with Crippen LogP contribution in [0, 0.1) is 5.92 Å². The van der Waals surface area contributed by atoms with Crippen molar-refractivity contribution >= 4 is 16.9 Å². The van der Waals surface area contributed by atoms with Crippen molar-refractivity contribution in [2.45, 2.75) is 45.5 Å². The summed E-state index contributed by atoms with van der Waals surface area (Å²) < 4.78 is 16.7. The van der Waals surface area contributed by atoms with Crippen molar-refractivity contribution in [3.8, 4) is 5.75 Å². The minimum absolute atomic E-state index is 0.260. The van der Waals surface area contributed by atoms with Crippen molar-refractivity contribution < 1.29 is 23.8 Å². The van der Waals surface area contributed by atoms with Crippen LogP contribution >= 0.6 is 0 Å². The third kappa shape index (κ3) is 2.67. The molecule has 24 heavy (non-hydrogen) atoms. The smallest absolute Gasteiger partial charge is 0.336 e. The van der Waals surface area contributed by atoms with Gasteiger partial charge in [-0.25, -0.2) is 4.79 Å². The van der Waals surface area contributed by atoms with Crippen LogP contribution in [0.5, 0.6) is 5.75 Å². The van der Waals surface area contributed by atoms with E-state index in [9.17, 15) is 14.7 Å². The summed E-state index contributed by atoms with van der Waals surface area (Å²) in [7, 11) is 0. The van der Waals surface area contributed by atoms with Gasteiger partial charge in [-0.15, -0.1) is 0 Å². The molecule has 1 aliphatic heterocycles. The SMILES string of the molecule is CC(C)C(=O)OC1c2c(ccc3ccc(=O)oc23)OC(C)(C)C1O.